The van der Waals surface area contributed by atoms with Crippen LogP contribution in [0, 0.1) is 16.0 Å². The molecule has 1 aliphatic rings. The van der Waals surface area contributed by atoms with Gasteiger partial charge >= 0.3 is 0 Å². The van der Waals surface area contributed by atoms with Crippen LogP contribution in [0.5, 0.6) is 0 Å². The van der Waals surface area contributed by atoms with Crippen molar-refractivity contribution in [2.75, 3.05) is 16.8 Å². The zero-order valence-electron chi connectivity index (χ0n) is 10.9. The Morgan fingerprint density at radius 3 is 2.76 bits per heavy atom. The number of amides is 1. The lowest BCUT2D eigenvalue weighted by atomic mass is 10.1. The molecule has 0 saturated carbocycles. The first kappa shape index (κ1) is 15.7. The number of halogens is 1. The number of anilines is 1. The molecule has 9 heteroatoms. The highest BCUT2D eigenvalue weighted by Crippen LogP contribution is 2.28. The third kappa shape index (κ3) is 4.15. The Balaban J connectivity index is 2.00. The molecule has 7 nitrogen and oxygen atoms in total. The lowest BCUT2D eigenvalue weighted by Crippen LogP contribution is -2.17. The van der Waals surface area contributed by atoms with Crippen LogP contribution in [-0.2, 0) is 14.6 Å². The van der Waals surface area contributed by atoms with Gasteiger partial charge in [0.1, 0.15) is 5.02 Å². The van der Waals surface area contributed by atoms with Gasteiger partial charge in [-0.3, -0.25) is 14.9 Å². The van der Waals surface area contributed by atoms with E-state index in [-0.39, 0.29) is 46.1 Å². The number of carbonyl (C=O) groups excluding carboxylic acids is 1. The average molecular weight is 333 g/mol. The zero-order valence-corrected chi connectivity index (χ0v) is 12.5. The maximum absolute atomic E-state index is 11.8. The lowest BCUT2D eigenvalue weighted by molar-refractivity contribution is -0.384. The summed E-state index contributed by atoms with van der Waals surface area (Å²) in [7, 11) is -3.02. The molecule has 0 bridgehead atoms. The average Bonchev–Trinajstić information content (AvgIpc) is 2.70. The van der Waals surface area contributed by atoms with Gasteiger partial charge in [0.25, 0.3) is 5.69 Å². The fraction of sp³-hybridized carbons (Fsp3) is 0.417. The van der Waals surface area contributed by atoms with Crippen LogP contribution in [0.2, 0.25) is 5.02 Å². The van der Waals surface area contributed by atoms with Crippen molar-refractivity contribution in [3.05, 3.63) is 33.3 Å². The van der Waals surface area contributed by atoms with Crippen molar-refractivity contribution in [3.63, 3.8) is 0 Å². The number of nitro benzene ring substituents is 1. The Hall–Kier alpha value is -1.67. The van der Waals surface area contributed by atoms with Gasteiger partial charge in [0.05, 0.1) is 16.4 Å². The molecular formula is C12H13ClN2O5S. The van der Waals surface area contributed by atoms with E-state index in [0.717, 1.165) is 0 Å². The summed E-state index contributed by atoms with van der Waals surface area (Å²) in [6, 6.07) is 3.96. The number of sulfone groups is 1. The van der Waals surface area contributed by atoms with Crippen molar-refractivity contribution in [1.82, 2.24) is 0 Å². The van der Waals surface area contributed by atoms with E-state index in [9.17, 15) is 23.3 Å². The number of nitro groups is 1. The van der Waals surface area contributed by atoms with Gasteiger partial charge < -0.3 is 5.32 Å². The number of hydrogen-bond donors (Lipinski definition) is 1. The minimum absolute atomic E-state index is 0.0140. The van der Waals surface area contributed by atoms with E-state index in [1.807, 2.05) is 0 Å². The molecule has 1 saturated heterocycles. The summed E-state index contributed by atoms with van der Waals surface area (Å²) in [5.74, 6) is -0.440. The number of benzene rings is 1. The van der Waals surface area contributed by atoms with Crippen LogP contribution in [0.25, 0.3) is 0 Å². The van der Waals surface area contributed by atoms with E-state index in [2.05, 4.69) is 5.32 Å². The summed E-state index contributed by atoms with van der Waals surface area (Å²) < 4.78 is 22.6. The molecule has 1 heterocycles. The molecule has 0 aliphatic carbocycles. The highest BCUT2D eigenvalue weighted by molar-refractivity contribution is 7.91. The third-order valence-electron chi connectivity index (χ3n) is 3.23. The maximum atomic E-state index is 11.8. The molecule has 114 valence electrons. The van der Waals surface area contributed by atoms with E-state index in [0.29, 0.717) is 6.42 Å². The molecule has 1 atom stereocenters. The van der Waals surface area contributed by atoms with Crippen molar-refractivity contribution < 1.29 is 18.1 Å². The summed E-state index contributed by atoms with van der Waals surface area (Å²) >= 11 is 5.68. The quantitative estimate of drug-likeness (QED) is 0.670. The zero-order chi connectivity index (χ0) is 15.6. The van der Waals surface area contributed by atoms with E-state index in [1.54, 1.807) is 0 Å². The number of nitrogens with zero attached hydrogens (tertiary/aromatic N) is 1. The molecule has 0 radical (unpaired) electrons. The van der Waals surface area contributed by atoms with Crippen molar-refractivity contribution in [3.8, 4) is 0 Å². The van der Waals surface area contributed by atoms with Crippen LogP contribution in [0.15, 0.2) is 18.2 Å². The molecule has 21 heavy (non-hydrogen) atoms. The standard InChI is InChI=1S/C12H13ClN2O5S/c13-10-2-1-9(6-11(10)15(17)18)14-12(16)5-8-3-4-21(19,20)7-8/h1-2,6,8H,3-5,7H2,(H,14,16). The van der Waals surface area contributed by atoms with Gasteiger partial charge in [-0.05, 0) is 24.5 Å². The van der Waals surface area contributed by atoms with Crippen LogP contribution >= 0.6 is 11.6 Å². The van der Waals surface area contributed by atoms with Crippen molar-refractivity contribution in [2.24, 2.45) is 5.92 Å². The Labute approximate surface area is 126 Å². The lowest BCUT2D eigenvalue weighted by Gasteiger charge is -2.09. The monoisotopic (exact) mass is 332 g/mol. The first-order chi connectivity index (χ1) is 9.77. The van der Waals surface area contributed by atoms with Gasteiger partial charge in [0.15, 0.2) is 9.84 Å². The normalized spacial score (nSPS) is 20.1. The molecule has 1 unspecified atom stereocenters. The maximum Gasteiger partial charge on any atom is 0.289 e. The highest BCUT2D eigenvalue weighted by atomic mass is 35.5. The predicted molar refractivity (Wildman–Crippen MR) is 78.1 cm³/mol. The molecule has 1 aromatic rings. The summed E-state index contributed by atoms with van der Waals surface area (Å²) in [6.07, 6.45) is 0.548. The largest absolute Gasteiger partial charge is 0.326 e. The number of carbonyl (C=O) groups is 1. The molecule has 1 aliphatic heterocycles. The SMILES string of the molecule is O=C(CC1CCS(=O)(=O)C1)Nc1ccc(Cl)c([N+](=O)[O-])c1. The topological polar surface area (TPSA) is 106 Å². The first-order valence-corrected chi connectivity index (χ1v) is 8.41. The molecule has 0 aromatic heterocycles. The molecule has 1 amide bonds. The fourth-order valence-electron chi connectivity index (χ4n) is 2.24. The van der Waals surface area contributed by atoms with Crippen LogP contribution < -0.4 is 5.32 Å². The molecule has 0 spiro atoms. The molecular weight excluding hydrogens is 320 g/mol. The number of nitrogens with one attached hydrogen (secondary N) is 1. The van der Waals surface area contributed by atoms with Crippen LogP contribution in [0.3, 0.4) is 0 Å². The minimum Gasteiger partial charge on any atom is -0.326 e. The highest BCUT2D eigenvalue weighted by Gasteiger charge is 2.29. The van der Waals surface area contributed by atoms with E-state index in [1.165, 1.54) is 18.2 Å². The van der Waals surface area contributed by atoms with Gasteiger partial charge in [-0.2, -0.15) is 0 Å². The summed E-state index contributed by atoms with van der Waals surface area (Å²) in [6.45, 7) is 0. The third-order valence-corrected chi connectivity index (χ3v) is 5.38. The van der Waals surface area contributed by atoms with Gasteiger partial charge in [-0.15, -0.1) is 0 Å². The van der Waals surface area contributed by atoms with Gasteiger partial charge in [0, 0.05) is 18.2 Å². The Morgan fingerprint density at radius 1 is 1.48 bits per heavy atom. The van der Waals surface area contributed by atoms with Gasteiger partial charge in [0.2, 0.25) is 5.91 Å². The van der Waals surface area contributed by atoms with Gasteiger partial charge in [-0.1, -0.05) is 11.6 Å². The minimum atomic E-state index is -3.02. The van der Waals surface area contributed by atoms with E-state index < -0.39 is 14.8 Å². The second-order valence-corrected chi connectivity index (χ2v) is 7.58. The second kappa shape index (κ2) is 5.98. The molecule has 1 aromatic carbocycles. The number of hydrogen-bond acceptors (Lipinski definition) is 5. The molecule has 1 fully saturated rings. The summed E-state index contributed by atoms with van der Waals surface area (Å²) in [4.78, 5) is 22.0. The predicted octanol–water partition coefficient (Wildman–Crippen LogP) is 2.01. The summed E-state index contributed by atoms with van der Waals surface area (Å²) in [5.41, 5.74) is -0.0325. The second-order valence-electron chi connectivity index (χ2n) is 4.94. The molecule has 2 rings (SSSR count). The Bertz CT molecular complexity index is 689. The van der Waals surface area contributed by atoms with E-state index in [4.69, 9.17) is 11.6 Å². The fourth-order valence-corrected chi connectivity index (χ4v) is 4.29. The van der Waals surface area contributed by atoms with E-state index >= 15 is 0 Å². The Kier molecular flexibility index (Phi) is 4.48. The van der Waals surface area contributed by atoms with Crippen molar-refractivity contribution in [2.45, 2.75) is 12.8 Å². The summed E-state index contributed by atoms with van der Waals surface area (Å²) in [5, 5.41) is 13.3. The number of rotatable bonds is 4. The Morgan fingerprint density at radius 2 is 2.19 bits per heavy atom. The van der Waals surface area contributed by atoms with Gasteiger partial charge in [-0.25, -0.2) is 8.42 Å². The smallest absolute Gasteiger partial charge is 0.289 e. The van der Waals surface area contributed by atoms with Crippen LogP contribution in [0.4, 0.5) is 11.4 Å². The first-order valence-electron chi connectivity index (χ1n) is 6.21. The van der Waals surface area contributed by atoms with Crippen LogP contribution in [0.1, 0.15) is 12.8 Å². The van der Waals surface area contributed by atoms with Crippen LogP contribution in [-0.4, -0.2) is 30.8 Å². The molecule has 1 N–H and O–H groups in total. The van der Waals surface area contributed by atoms with Crippen molar-refractivity contribution in [1.29, 1.82) is 0 Å². The van der Waals surface area contributed by atoms with Crippen molar-refractivity contribution >= 4 is 38.7 Å².